The first-order valence-electron chi connectivity index (χ1n) is 13.4. The lowest BCUT2D eigenvalue weighted by Gasteiger charge is -2.29. The first kappa shape index (κ1) is 27.1. The van der Waals surface area contributed by atoms with Gasteiger partial charge in [-0.1, -0.05) is 30.3 Å². The minimum absolute atomic E-state index is 0.241. The number of rotatable bonds is 8. The van der Waals surface area contributed by atoms with E-state index in [0.717, 1.165) is 59.7 Å². The number of carbonyl (C=O) groups is 1. The third kappa shape index (κ3) is 6.21. The van der Waals surface area contributed by atoms with Gasteiger partial charge in [-0.15, -0.1) is 0 Å². The molecule has 0 bridgehead atoms. The average Bonchev–Trinajstić information content (AvgIpc) is 2.98. The third-order valence-electron chi connectivity index (χ3n) is 7.29. The van der Waals surface area contributed by atoms with Crippen LogP contribution in [0.5, 0.6) is 17.2 Å². The number of nitrogens with zero attached hydrogens (tertiary/aromatic N) is 1. The van der Waals surface area contributed by atoms with Crippen molar-refractivity contribution in [3.05, 3.63) is 90.5 Å². The van der Waals surface area contributed by atoms with Gasteiger partial charge in [-0.2, -0.15) is 0 Å². The third-order valence-corrected chi connectivity index (χ3v) is 7.29. The van der Waals surface area contributed by atoms with Crippen LogP contribution in [0, 0.1) is 0 Å². The Morgan fingerprint density at radius 3 is 2.30 bits per heavy atom. The van der Waals surface area contributed by atoms with Gasteiger partial charge in [-0.3, -0.25) is 4.79 Å². The van der Waals surface area contributed by atoms with E-state index < -0.39 is 0 Å². The van der Waals surface area contributed by atoms with Crippen LogP contribution in [-0.4, -0.2) is 51.3 Å². The highest BCUT2D eigenvalue weighted by molar-refractivity contribution is 6.05. The molecule has 0 saturated carbocycles. The lowest BCUT2D eigenvalue weighted by Crippen LogP contribution is -2.35. The van der Waals surface area contributed by atoms with Crippen molar-refractivity contribution in [3.8, 4) is 39.5 Å². The van der Waals surface area contributed by atoms with E-state index in [1.54, 1.807) is 32.4 Å². The second-order valence-corrected chi connectivity index (χ2v) is 10.0. The summed E-state index contributed by atoms with van der Waals surface area (Å²) in [7, 11) is 5.38. The van der Waals surface area contributed by atoms with Crippen molar-refractivity contribution in [1.82, 2.24) is 4.90 Å². The van der Waals surface area contributed by atoms with Gasteiger partial charge in [-0.25, -0.2) is 0 Å². The Kier molecular flexibility index (Phi) is 8.22. The van der Waals surface area contributed by atoms with Crippen molar-refractivity contribution in [2.45, 2.75) is 18.9 Å². The summed E-state index contributed by atoms with van der Waals surface area (Å²) in [5.74, 6) is 2.02. The summed E-state index contributed by atoms with van der Waals surface area (Å²) in [6.07, 6.45) is 2.33. The van der Waals surface area contributed by atoms with Crippen LogP contribution in [0.4, 0.5) is 11.4 Å². The van der Waals surface area contributed by atoms with E-state index in [1.807, 2.05) is 66.7 Å². The number of anilines is 2. The molecule has 4 aromatic carbocycles. The molecule has 1 amide bonds. The van der Waals surface area contributed by atoms with Gasteiger partial charge in [0, 0.05) is 41.2 Å². The lowest BCUT2D eigenvalue weighted by atomic mass is 10.0. The molecule has 0 spiro atoms. The highest BCUT2D eigenvalue weighted by Crippen LogP contribution is 2.34. The molecule has 206 valence electrons. The summed E-state index contributed by atoms with van der Waals surface area (Å²) in [5.41, 5.74) is 11.7. The molecule has 0 radical (unpaired) electrons. The van der Waals surface area contributed by atoms with Gasteiger partial charge in [0.15, 0.2) is 0 Å². The van der Waals surface area contributed by atoms with Crippen molar-refractivity contribution in [2.75, 3.05) is 45.4 Å². The molecule has 1 fully saturated rings. The Morgan fingerprint density at radius 1 is 0.825 bits per heavy atom. The Bertz CT molecular complexity index is 1480. The van der Waals surface area contributed by atoms with Gasteiger partial charge >= 0.3 is 0 Å². The van der Waals surface area contributed by atoms with Gasteiger partial charge in [0.2, 0.25) is 0 Å². The molecule has 1 heterocycles. The van der Waals surface area contributed by atoms with Crippen molar-refractivity contribution < 1.29 is 19.0 Å². The summed E-state index contributed by atoms with van der Waals surface area (Å²) in [6, 6.07) is 26.6. The Hall–Kier alpha value is -4.49. The number of hydrogen-bond acceptors (Lipinski definition) is 6. The Labute approximate surface area is 235 Å². The molecule has 0 atom stereocenters. The number of nitrogens with one attached hydrogen (secondary N) is 1. The molecule has 0 unspecified atom stereocenters. The molecule has 0 aromatic heterocycles. The second kappa shape index (κ2) is 12.1. The quantitative estimate of drug-likeness (QED) is 0.255. The summed E-state index contributed by atoms with van der Waals surface area (Å²) >= 11 is 0. The maximum Gasteiger partial charge on any atom is 0.255 e. The van der Waals surface area contributed by atoms with Crippen LogP contribution >= 0.6 is 0 Å². The van der Waals surface area contributed by atoms with E-state index >= 15 is 0 Å². The van der Waals surface area contributed by atoms with Crippen molar-refractivity contribution >= 4 is 17.3 Å². The molecule has 1 aliphatic rings. The summed E-state index contributed by atoms with van der Waals surface area (Å²) in [6.45, 7) is 2.12. The van der Waals surface area contributed by atoms with Gasteiger partial charge in [0.25, 0.3) is 5.91 Å². The number of hydrogen-bond donors (Lipinski definition) is 2. The van der Waals surface area contributed by atoms with Gasteiger partial charge in [-0.05, 0) is 85.6 Å². The highest BCUT2D eigenvalue weighted by Gasteiger charge is 2.18. The van der Waals surface area contributed by atoms with Crippen molar-refractivity contribution in [3.63, 3.8) is 0 Å². The highest BCUT2D eigenvalue weighted by atomic mass is 16.5. The largest absolute Gasteiger partial charge is 0.497 e. The minimum atomic E-state index is -0.241. The predicted octanol–water partition coefficient (Wildman–Crippen LogP) is 6.35. The standard InChI is InChI=1S/C33H35N3O4/c1-36-17-15-27(16-18-36)40-26-11-7-22(8-12-26)29-13-10-25(21-31(29)34)35-33(37)24-9-14-32(39-3)30(20-24)23-5-4-6-28(19-23)38-2/h4-14,19-21,27H,15-18,34H2,1-3H3,(H,35,37). The lowest BCUT2D eigenvalue weighted by molar-refractivity contribution is 0.102. The zero-order valence-electron chi connectivity index (χ0n) is 23.1. The van der Waals surface area contributed by atoms with Crippen LogP contribution in [0.25, 0.3) is 22.3 Å². The first-order valence-corrected chi connectivity index (χ1v) is 13.4. The molecule has 7 nitrogen and oxygen atoms in total. The normalized spacial score (nSPS) is 14.0. The van der Waals surface area contributed by atoms with Crippen molar-refractivity contribution in [1.29, 1.82) is 0 Å². The monoisotopic (exact) mass is 537 g/mol. The van der Waals surface area contributed by atoms with Crippen LogP contribution in [0.15, 0.2) is 84.9 Å². The second-order valence-electron chi connectivity index (χ2n) is 10.0. The van der Waals surface area contributed by atoms with Crippen LogP contribution in [0.1, 0.15) is 23.2 Å². The Morgan fingerprint density at radius 2 is 1.60 bits per heavy atom. The van der Waals surface area contributed by atoms with Crippen LogP contribution in [0.3, 0.4) is 0 Å². The van der Waals surface area contributed by atoms with E-state index in [1.165, 1.54) is 0 Å². The number of nitrogens with two attached hydrogens (primary N) is 1. The fraction of sp³-hybridized carbons (Fsp3) is 0.242. The van der Waals surface area contributed by atoms with Gasteiger partial charge in [0.05, 0.1) is 14.2 Å². The maximum atomic E-state index is 13.2. The molecule has 3 N–H and O–H groups in total. The predicted molar refractivity (Wildman–Crippen MR) is 160 cm³/mol. The molecule has 7 heteroatoms. The van der Waals surface area contributed by atoms with Gasteiger partial charge in [0.1, 0.15) is 23.4 Å². The van der Waals surface area contributed by atoms with E-state index in [9.17, 15) is 4.79 Å². The number of likely N-dealkylation sites (tertiary alicyclic amines) is 1. The number of amides is 1. The van der Waals surface area contributed by atoms with E-state index in [-0.39, 0.29) is 12.0 Å². The molecule has 0 aliphatic carbocycles. The molecular formula is C33H35N3O4. The number of methoxy groups -OCH3 is 2. The Balaban J connectivity index is 1.28. The van der Waals surface area contributed by atoms with Crippen LogP contribution in [-0.2, 0) is 0 Å². The number of piperidine rings is 1. The summed E-state index contributed by atoms with van der Waals surface area (Å²) in [4.78, 5) is 15.5. The molecule has 1 saturated heterocycles. The molecule has 40 heavy (non-hydrogen) atoms. The topological polar surface area (TPSA) is 86.1 Å². The van der Waals surface area contributed by atoms with E-state index in [2.05, 4.69) is 17.3 Å². The SMILES string of the molecule is COc1cccc(-c2cc(C(=O)Nc3ccc(-c4ccc(OC5CCN(C)CC5)cc4)c(N)c3)ccc2OC)c1. The van der Waals surface area contributed by atoms with E-state index in [0.29, 0.717) is 22.7 Å². The first-order chi connectivity index (χ1) is 19.4. The number of nitrogen functional groups attached to an aromatic ring is 1. The van der Waals surface area contributed by atoms with Crippen molar-refractivity contribution in [2.24, 2.45) is 0 Å². The smallest absolute Gasteiger partial charge is 0.255 e. The zero-order valence-corrected chi connectivity index (χ0v) is 23.1. The zero-order chi connectivity index (χ0) is 28.1. The van der Waals surface area contributed by atoms with Crippen LogP contribution < -0.4 is 25.3 Å². The average molecular weight is 538 g/mol. The fourth-order valence-corrected chi connectivity index (χ4v) is 4.98. The minimum Gasteiger partial charge on any atom is -0.497 e. The summed E-state index contributed by atoms with van der Waals surface area (Å²) in [5, 5.41) is 2.97. The number of ether oxygens (including phenoxy) is 3. The molecule has 4 aromatic rings. The van der Waals surface area contributed by atoms with Crippen LogP contribution in [0.2, 0.25) is 0 Å². The molecule has 1 aliphatic heterocycles. The maximum absolute atomic E-state index is 13.2. The molecular weight excluding hydrogens is 502 g/mol. The summed E-state index contributed by atoms with van der Waals surface area (Å²) < 4.78 is 17.1. The molecule has 5 rings (SSSR count). The van der Waals surface area contributed by atoms with Gasteiger partial charge < -0.3 is 30.2 Å². The van der Waals surface area contributed by atoms with E-state index in [4.69, 9.17) is 19.9 Å². The number of benzene rings is 4. The fourth-order valence-electron chi connectivity index (χ4n) is 4.98. The number of carbonyl (C=O) groups excluding carboxylic acids is 1.